The van der Waals surface area contributed by atoms with Gasteiger partial charge in [0.15, 0.2) is 0 Å². The van der Waals surface area contributed by atoms with Crippen LogP contribution in [0.1, 0.15) is 16.8 Å². The first kappa shape index (κ1) is 20.5. The molecule has 0 saturated heterocycles. The Morgan fingerprint density at radius 2 is 1.56 bits per heavy atom. The number of hydrogen-bond donors (Lipinski definition) is 1. The number of para-hydroxylation sites is 1. The largest absolute Gasteiger partial charge is 0.496 e. The zero-order chi connectivity index (χ0) is 21.9. The van der Waals surface area contributed by atoms with E-state index in [0.717, 1.165) is 50.8 Å². The number of H-pyrrole nitrogens is 1. The molecule has 0 unspecified atom stereocenters. The molecule has 1 aromatic heterocycles. The Morgan fingerprint density at radius 3 is 2.34 bits per heavy atom. The van der Waals surface area contributed by atoms with E-state index >= 15 is 0 Å². The lowest BCUT2D eigenvalue weighted by Crippen LogP contribution is -1.95. The molecule has 32 heavy (non-hydrogen) atoms. The molecule has 0 fully saturated rings. The van der Waals surface area contributed by atoms with Gasteiger partial charge in [-0.25, -0.2) is 4.99 Å². The van der Waals surface area contributed by atoms with Crippen LogP contribution in [0.2, 0.25) is 0 Å². The number of halogens is 1. The molecule has 0 amide bonds. The maximum Gasteiger partial charge on any atom is 0.128 e. The zero-order valence-electron chi connectivity index (χ0n) is 17.5. The third-order valence-corrected chi connectivity index (χ3v) is 6.17. The molecular weight excluding hydrogens is 507 g/mol. The molecule has 156 valence electrons. The Kier molecular flexibility index (Phi) is 5.77. The second-order valence-corrected chi connectivity index (χ2v) is 8.70. The van der Waals surface area contributed by atoms with Crippen molar-refractivity contribution in [2.45, 2.75) is 0 Å². The molecule has 3 nitrogen and oxygen atoms in total. The highest BCUT2D eigenvalue weighted by Gasteiger charge is 2.17. The minimum absolute atomic E-state index is 0.842. The van der Waals surface area contributed by atoms with Crippen molar-refractivity contribution in [3.05, 3.63) is 129 Å². The van der Waals surface area contributed by atoms with Crippen molar-refractivity contribution in [1.82, 2.24) is 4.98 Å². The first-order valence-corrected chi connectivity index (χ1v) is 11.5. The maximum atomic E-state index is 5.56. The lowest BCUT2D eigenvalue weighted by molar-refractivity contribution is 0.416. The third kappa shape index (κ3) is 4.06. The zero-order valence-corrected chi connectivity index (χ0v) is 19.7. The number of aromatic amines is 1. The molecule has 0 radical (unpaired) electrons. The van der Waals surface area contributed by atoms with Crippen molar-refractivity contribution < 1.29 is 4.74 Å². The summed E-state index contributed by atoms with van der Waals surface area (Å²) in [6.07, 6.45) is 4.18. The van der Waals surface area contributed by atoms with Crippen LogP contribution in [0.5, 0.6) is 5.75 Å². The minimum Gasteiger partial charge on any atom is -0.496 e. The highest BCUT2D eigenvalue weighted by molar-refractivity contribution is 14.1. The average Bonchev–Trinajstić information content (AvgIpc) is 3.52. The first-order chi connectivity index (χ1) is 15.7. The minimum atomic E-state index is 0.842. The van der Waals surface area contributed by atoms with Crippen LogP contribution in [0.15, 0.2) is 114 Å². The number of rotatable bonds is 5. The van der Waals surface area contributed by atoms with Gasteiger partial charge in [-0.2, -0.15) is 0 Å². The van der Waals surface area contributed by atoms with Gasteiger partial charge in [0, 0.05) is 31.7 Å². The molecular formula is C28H21IN2O. The molecule has 1 aliphatic rings. The van der Waals surface area contributed by atoms with Gasteiger partial charge < -0.3 is 9.72 Å². The SMILES string of the molecule is COc1ccccc1-c1ccc(/C(=C2\C=CC(c3ccccc3)=N2)c2ccc(I)cc2)[nH]1. The standard InChI is InChI=1S/C28H21IN2O/c1-32-27-10-6-5-9-22(27)24-16-18-26(31-24)28(20-11-13-21(29)14-12-20)25-17-15-23(30-25)19-7-3-2-4-8-19/h2-18,31H,1H3/b28-25+. The van der Waals surface area contributed by atoms with Crippen LogP contribution < -0.4 is 4.74 Å². The second-order valence-electron chi connectivity index (χ2n) is 7.45. The summed E-state index contributed by atoms with van der Waals surface area (Å²) in [6.45, 7) is 0. The molecule has 1 aliphatic heterocycles. The number of aromatic nitrogens is 1. The van der Waals surface area contributed by atoms with Crippen molar-refractivity contribution in [2.24, 2.45) is 4.99 Å². The molecule has 5 rings (SSSR count). The van der Waals surface area contributed by atoms with Gasteiger partial charge >= 0.3 is 0 Å². The molecule has 4 aromatic rings. The fourth-order valence-corrected chi connectivity index (χ4v) is 4.25. The van der Waals surface area contributed by atoms with Crippen LogP contribution in [-0.2, 0) is 0 Å². The van der Waals surface area contributed by atoms with E-state index in [9.17, 15) is 0 Å². The fraction of sp³-hybridized carbons (Fsp3) is 0.0357. The smallest absolute Gasteiger partial charge is 0.128 e. The predicted octanol–water partition coefficient (Wildman–Crippen LogP) is 7.11. The van der Waals surface area contributed by atoms with Gasteiger partial charge in [-0.1, -0.05) is 54.6 Å². The van der Waals surface area contributed by atoms with Crippen molar-refractivity contribution in [2.75, 3.05) is 7.11 Å². The number of benzene rings is 3. The molecule has 0 saturated carbocycles. The number of allylic oxidation sites excluding steroid dienone is 2. The number of hydrogen-bond acceptors (Lipinski definition) is 2. The average molecular weight is 528 g/mol. The van der Waals surface area contributed by atoms with E-state index < -0.39 is 0 Å². The van der Waals surface area contributed by atoms with E-state index in [0.29, 0.717) is 0 Å². The summed E-state index contributed by atoms with van der Waals surface area (Å²) in [7, 11) is 1.70. The summed E-state index contributed by atoms with van der Waals surface area (Å²) in [5.74, 6) is 0.842. The molecule has 0 bridgehead atoms. The lowest BCUT2D eigenvalue weighted by atomic mass is 10.0. The van der Waals surface area contributed by atoms with Crippen LogP contribution in [0.3, 0.4) is 0 Å². The molecule has 0 spiro atoms. The van der Waals surface area contributed by atoms with Crippen molar-refractivity contribution >= 4 is 33.9 Å². The van der Waals surface area contributed by atoms with Crippen LogP contribution in [0.4, 0.5) is 0 Å². The van der Waals surface area contributed by atoms with Gasteiger partial charge in [0.25, 0.3) is 0 Å². The Labute approximate surface area is 201 Å². The number of nitrogens with one attached hydrogen (secondary N) is 1. The Hall–Kier alpha value is -3.38. The van der Waals surface area contributed by atoms with Gasteiger partial charge in [0.2, 0.25) is 0 Å². The number of aliphatic imine (C=N–C) groups is 1. The molecule has 3 aromatic carbocycles. The van der Waals surface area contributed by atoms with Crippen LogP contribution in [0.25, 0.3) is 16.8 Å². The quantitative estimate of drug-likeness (QED) is 0.276. The van der Waals surface area contributed by atoms with Crippen molar-refractivity contribution in [1.29, 1.82) is 0 Å². The van der Waals surface area contributed by atoms with Gasteiger partial charge in [0.1, 0.15) is 5.75 Å². The Balaban J connectivity index is 1.64. The van der Waals surface area contributed by atoms with E-state index in [-0.39, 0.29) is 0 Å². The van der Waals surface area contributed by atoms with E-state index in [1.807, 2.05) is 36.4 Å². The topological polar surface area (TPSA) is 37.4 Å². The monoisotopic (exact) mass is 528 g/mol. The van der Waals surface area contributed by atoms with E-state index in [1.165, 1.54) is 3.57 Å². The summed E-state index contributed by atoms with van der Waals surface area (Å²) in [6, 6.07) is 31.1. The van der Waals surface area contributed by atoms with E-state index in [2.05, 4.69) is 94.3 Å². The number of nitrogens with zero attached hydrogens (tertiary/aromatic N) is 1. The highest BCUT2D eigenvalue weighted by atomic mass is 127. The van der Waals surface area contributed by atoms with E-state index in [4.69, 9.17) is 9.73 Å². The normalized spacial score (nSPS) is 14.4. The van der Waals surface area contributed by atoms with Crippen LogP contribution >= 0.6 is 22.6 Å². The molecule has 1 N–H and O–H groups in total. The Morgan fingerprint density at radius 1 is 0.812 bits per heavy atom. The summed E-state index contributed by atoms with van der Waals surface area (Å²) >= 11 is 2.33. The molecule has 4 heteroatoms. The third-order valence-electron chi connectivity index (χ3n) is 5.45. The first-order valence-electron chi connectivity index (χ1n) is 10.4. The second kappa shape index (κ2) is 9.01. The highest BCUT2D eigenvalue weighted by Crippen LogP contribution is 2.34. The van der Waals surface area contributed by atoms with Crippen LogP contribution in [0, 0.1) is 3.57 Å². The summed E-state index contributed by atoms with van der Waals surface area (Å²) in [4.78, 5) is 8.59. The summed E-state index contributed by atoms with van der Waals surface area (Å²) in [5, 5.41) is 0. The molecule has 2 heterocycles. The predicted molar refractivity (Wildman–Crippen MR) is 140 cm³/mol. The van der Waals surface area contributed by atoms with Gasteiger partial charge in [-0.05, 0) is 76.7 Å². The molecule has 0 atom stereocenters. The summed E-state index contributed by atoms with van der Waals surface area (Å²) < 4.78 is 6.77. The molecule has 0 aliphatic carbocycles. The van der Waals surface area contributed by atoms with Gasteiger partial charge in [-0.3, -0.25) is 0 Å². The van der Waals surface area contributed by atoms with Crippen molar-refractivity contribution in [3.63, 3.8) is 0 Å². The lowest BCUT2D eigenvalue weighted by Gasteiger charge is -2.10. The fourth-order valence-electron chi connectivity index (χ4n) is 3.89. The van der Waals surface area contributed by atoms with Gasteiger partial charge in [0.05, 0.1) is 18.5 Å². The maximum absolute atomic E-state index is 5.56. The number of ether oxygens (including phenoxy) is 1. The van der Waals surface area contributed by atoms with Crippen molar-refractivity contribution in [3.8, 4) is 17.0 Å². The Bertz CT molecular complexity index is 1350. The number of methoxy groups -OCH3 is 1. The van der Waals surface area contributed by atoms with Crippen LogP contribution in [-0.4, -0.2) is 17.8 Å². The summed E-state index contributed by atoms with van der Waals surface area (Å²) in [5.41, 5.74) is 8.28. The van der Waals surface area contributed by atoms with Gasteiger partial charge in [-0.15, -0.1) is 0 Å². The van der Waals surface area contributed by atoms with E-state index in [1.54, 1.807) is 7.11 Å².